The number of ketones is 1. The molecule has 0 spiro atoms. The maximum atomic E-state index is 14.1. The second kappa shape index (κ2) is 18.3. The molecule has 0 bridgehead atoms. The van der Waals surface area contributed by atoms with Crippen molar-refractivity contribution in [2.24, 2.45) is 0 Å². The van der Waals surface area contributed by atoms with Gasteiger partial charge in [-0.1, -0.05) is 35.4 Å². The third kappa shape index (κ3) is 10.6. The van der Waals surface area contributed by atoms with Crippen LogP contribution in [0.2, 0.25) is 10.0 Å². The van der Waals surface area contributed by atoms with Crippen molar-refractivity contribution in [2.45, 2.75) is 37.8 Å². The highest BCUT2D eigenvalue weighted by molar-refractivity contribution is 7.88. The summed E-state index contributed by atoms with van der Waals surface area (Å²) < 4.78 is 104. The van der Waals surface area contributed by atoms with E-state index in [0.29, 0.717) is 51.9 Å². The number of piperidine rings is 2. The van der Waals surface area contributed by atoms with Crippen LogP contribution < -0.4 is 22.1 Å². The molecule has 2 aliphatic heterocycles. The minimum atomic E-state index is -3.23. The molecule has 2 fully saturated rings. The highest BCUT2D eigenvalue weighted by Crippen LogP contribution is 2.29. The minimum absolute atomic E-state index is 0.0131. The summed E-state index contributed by atoms with van der Waals surface area (Å²) in [6, 6.07) is 3.90. The lowest BCUT2D eigenvalue weighted by Gasteiger charge is -2.30. The van der Waals surface area contributed by atoms with Gasteiger partial charge in [0, 0.05) is 50.7 Å². The second-order valence-electron chi connectivity index (χ2n) is 13.2. The highest BCUT2D eigenvalue weighted by atomic mass is 35.5. The van der Waals surface area contributed by atoms with Crippen LogP contribution in [0.5, 0.6) is 0 Å². The molecule has 312 valence electrons. The van der Waals surface area contributed by atoms with Crippen molar-refractivity contribution < 1.29 is 39.2 Å². The van der Waals surface area contributed by atoms with Gasteiger partial charge in [0.25, 0.3) is 0 Å². The van der Waals surface area contributed by atoms with Gasteiger partial charge in [-0.05, 0) is 49.9 Å². The lowest BCUT2D eigenvalue weighted by molar-refractivity contribution is 0.103. The van der Waals surface area contributed by atoms with Crippen molar-refractivity contribution in [2.75, 3.05) is 60.8 Å². The molecular formula is C34H36Cl2F4N10O5S3. The average Bonchev–Trinajstić information content (AvgIpc) is 3.15. The molecule has 0 unspecified atom stereocenters. The first-order chi connectivity index (χ1) is 27.1. The molecule has 4 aromatic rings. The first-order valence-electron chi connectivity index (χ1n) is 17.2. The molecule has 2 aromatic carbocycles. The van der Waals surface area contributed by atoms with Gasteiger partial charge in [0.2, 0.25) is 37.7 Å². The van der Waals surface area contributed by atoms with Gasteiger partial charge < -0.3 is 22.1 Å². The zero-order chi connectivity index (χ0) is 42.7. The quantitative estimate of drug-likeness (QED) is 0.0737. The number of thiocarbonyl (C=S) groups is 1. The lowest BCUT2D eigenvalue weighted by atomic mass is 10.0. The van der Waals surface area contributed by atoms with Gasteiger partial charge in [-0.2, -0.15) is 9.97 Å². The maximum Gasteiger partial charge on any atom is 0.224 e. The van der Waals surface area contributed by atoms with E-state index in [4.69, 9.17) is 46.9 Å². The van der Waals surface area contributed by atoms with Crippen LogP contribution in [0.15, 0.2) is 36.7 Å². The lowest BCUT2D eigenvalue weighted by Crippen LogP contribution is -2.42. The Kier molecular flexibility index (Phi) is 14.1. The number of nitrogens with zero attached hydrogens (tertiary/aromatic N) is 6. The molecule has 4 heterocycles. The molecule has 2 aliphatic rings. The topological polar surface area (TPSA) is 219 Å². The zero-order valence-corrected chi connectivity index (χ0v) is 34.6. The van der Waals surface area contributed by atoms with Crippen LogP contribution in [0, 0.1) is 23.3 Å². The van der Waals surface area contributed by atoms with Crippen molar-refractivity contribution in [3.8, 4) is 0 Å². The number of sulfonamides is 2. The van der Waals surface area contributed by atoms with Crippen LogP contribution in [0.4, 0.5) is 41.1 Å². The molecule has 0 saturated carbocycles. The molecule has 24 heteroatoms. The van der Waals surface area contributed by atoms with E-state index in [1.807, 2.05) is 0 Å². The first-order valence-corrected chi connectivity index (χ1v) is 22.1. The van der Waals surface area contributed by atoms with Crippen molar-refractivity contribution in [1.29, 1.82) is 0 Å². The Bertz CT molecular complexity index is 2290. The Labute approximate surface area is 346 Å². The predicted octanol–water partition coefficient (Wildman–Crippen LogP) is 4.65. The number of hydrogen-bond acceptors (Lipinski definition) is 14. The first kappa shape index (κ1) is 44.8. The van der Waals surface area contributed by atoms with Crippen LogP contribution in [0.25, 0.3) is 0 Å². The Morgan fingerprint density at radius 3 is 1.48 bits per heavy atom. The molecule has 58 heavy (non-hydrogen) atoms. The summed E-state index contributed by atoms with van der Waals surface area (Å²) >= 11 is 17.0. The summed E-state index contributed by atoms with van der Waals surface area (Å²) in [6.07, 6.45) is 7.02. The summed E-state index contributed by atoms with van der Waals surface area (Å²) in [5.74, 6) is -5.62. The van der Waals surface area contributed by atoms with Gasteiger partial charge in [0.1, 0.15) is 11.6 Å². The van der Waals surface area contributed by atoms with Gasteiger partial charge in [0.15, 0.2) is 23.3 Å². The number of carbonyl (C=O) groups is 1. The number of benzene rings is 2. The average molecular weight is 908 g/mol. The van der Waals surface area contributed by atoms with Crippen LogP contribution in [0.1, 0.15) is 52.7 Å². The Hall–Kier alpha value is -4.32. The smallest absolute Gasteiger partial charge is 0.224 e. The summed E-state index contributed by atoms with van der Waals surface area (Å²) in [6.45, 7) is 1.51. The van der Waals surface area contributed by atoms with Gasteiger partial charge >= 0.3 is 0 Å². The highest BCUT2D eigenvalue weighted by Gasteiger charge is 2.28. The van der Waals surface area contributed by atoms with E-state index < -0.39 is 54.7 Å². The summed E-state index contributed by atoms with van der Waals surface area (Å²) in [5, 5.41) is 5.84. The van der Waals surface area contributed by atoms with Gasteiger partial charge in [-0.25, -0.2) is 53.0 Å². The molecule has 0 aliphatic carbocycles. The van der Waals surface area contributed by atoms with E-state index >= 15 is 0 Å². The number of hydrogen-bond donors (Lipinski definition) is 4. The normalized spacial score (nSPS) is 16.0. The fourth-order valence-electron chi connectivity index (χ4n) is 6.05. The molecular weight excluding hydrogens is 872 g/mol. The van der Waals surface area contributed by atoms with E-state index in [0.717, 1.165) is 30.7 Å². The number of anilines is 4. The molecule has 0 radical (unpaired) electrons. The Morgan fingerprint density at radius 2 is 1.09 bits per heavy atom. The SMILES string of the molecule is CS(=O)(=O)N1CCC(Nc2ncc(C(=O)c3c(Cl)ccc(F)c3F)c(N)n2)CC1.CS(=O)(=O)N1CCC(Nc2ncc(C(=S)c3c(Cl)ccc(F)c3F)c(N)n2)CC1. The zero-order valence-electron chi connectivity index (χ0n) is 30.6. The minimum Gasteiger partial charge on any atom is -0.383 e. The molecule has 2 aromatic heterocycles. The fourth-order valence-corrected chi connectivity index (χ4v) is 8.68. The van der Waals surface area contributed by atoms with E-state index in [9.17, 15) is 39.2 Å². The standard InChI is InChI=1S/C17H18ClF2N5O3S.C17H18ClF2N5O2S2/c1-29(27,28)25-6-4-9(5-7-25)23-17-22-8-10(16(21)24-17)15(26)13-11(18)2-3-12(19)14(13)20;1-29(26,27)25-6-4-9(5-7-25)23-17-22-8-10(16(21)24-17)15(28)13-11(18)2-3-12(19)14(13)20/h2*2-3,8-9H,4-7H2,1H3,(H3,21,22,23,24). The number of aromatic nitrogens is 4. The number of nitrogens with two attached hydrogens (primary N) is 2. The van der Waals surface area contributed by atoms with E-state index in [-0.39, 0.29) is 67.2 Å². The molecule has 0 atom stereocenters. The Morgan fingerprint density at radius 1 is 0.707 bits per heavy atom. The van der Waals surface area contributed by atoms with Gasteiger partial charge in [-0.15, -0.1) is 0 Å². The van der Waals surface area contributed by atoms with Crippen LogP contribution in [0.3, 0.4) is 0 Å². The van der Waals surface area contributed by atoms with Gasteiger partial charge in [-0.3, -0.25) is 4.79 Å². The fraction of sp³-hybridized carbons (Fsp3) is 0.353. The predicted molar refractivity (Wildman–Crippen MR) is 216 cm³/mol. The third-order valence-electron chi connectivity index (χ3n) is 9.18. The molecule has 6 rings (SSSR count). The summed E-state index contributed by atoms with van der Waals surface area (Å²) in [4.78, 5) is 28.8. The molecule has 0 amide bonds. The molecule has 15 nitrogen and oxygen atoms in total. The van der Waals surface area contributed by atoms with E-state index in [1.165, 1.54) is 27.1 Å². The number of nitrogens with one attached hydrogen (secondary N) is 2. The largest absolute Gasteiger partial charge is 0.383 e. The van der Waals surface area contributed by atoms with E-state index in [1.54, 1.807) is 0 Å². The summed E-state index contributed by atoms with van der Waals surface area (Å²) in [7, 11) is -6.44. The summed E-state index contributed by atoms with van der Waals surface area (Å²) in [5.41, 5.74) is 10.8. The van der Waals surface area contributed by atoms with Crippen molar-refractivity contribution in [3.05, 3.63) is 92.2 Å². The van der Waals surface area contributed by atoms with Crippen LogP contribution in [-0.4, -0.2) is 107 Å². The third-order valence-corrected chi connectivity index (χ3v) is 12.8. The molecule has 6 N–H and O–H groups in total. The monoisotopic (exact) mass is 906 g/mol. The van der Waals surface area contributed by atoms with Crippen LogP contribution >= 0.6 is 35.4 Å². The maximum absolute atomic E-state index is 14.1. The Balaban J connectivity index is 0.000000221. The number of carbonyl (C=O) groups excluding carboxylic acids is 1. The molecule has 2 saturated heterocycles. The number of rotatable bonds is 10. The van der Waals surface area contributed by atoms with Gasteiger partial charge in [0.05, 0.1) is 49.7 Å². The van der Waals surface area contributed by atoms with Crippen molar-refractivity contribution >= 4 is 89.6 Å². The second-order valence-corrected chi connectivity index (χ2v) is 18.4. The van der Waals surface area contributed by atoms with Crippen molar-refractivity contribution in [1.82, 2.24) is 28.5 Å². The van der Waals surface area contributed by atoms with E-state index in [2.05, 4.69) is 30.6 Å². The van der Waals surface area contributed by atoms with Crippen molar-refractivity contribution in [3.63, 3.8) is 0 Å². The number of nitrogen functional groups attached to an aromatic ring is 2. The number of halogens is 6. The van der Waals surface area contributed by atoms with Crippen LogP contribution in [-0.2, 0) is 20.0 Å².